The molecule has 0 aliphatic heterocycles. The third-order valence-corrected chi connectivity index (χ3v) is 4.39. The predicted octanol–water partition coefficient (Wildman–Crippen LogP) is 3.76. The van der Waals surface area contributed by atoms with E-state index in [0.717, 1.165) is 17.7 Å². The lowest BCUT2D eigenvalue weighted by Crippen LogP contribution is -2.25. The van der Waals surface area contributed by atoms with E-state index in [2.05, 4.69) is 21.6 Å². The minimum absolute atomic E-state index is 0.149. The van der Waals surface area contributed by atoms with Gasteiger partial charge in [0, 0.05) is 22.0 Å². The Bertz CT molecular complexity index is 750. The average Bonchev–Trinajstić information content (AvgIpc) is 3.19. The first-order valence-corrected chi connectivity index (χ1v) is 8.10. The molecule has 0 atom stereocenters. The lowest BCUT2D eigenvalue weighted by atomic mass is 10.1. The standard InChI is InChI=1S/C16H14ClN3OS/c17-12-5-3-11(4-6-12)14-10-15(20-19-14)16(21)18-8-7-13-2-1-9-22-13/h1-6,9-10H,7-8H2,(H,18,21)(H,19,20). The van der Waals surface area contributed by atoms with Gasteiger partial charge in [0.05, 0.1) is 5.69 Å². The Kier molecular flexibility index (Phi) is 4.56. The highest BCUT2D eigenvalue weighted by atomic mass is 35.5. The quantitative estimate of drug-likeness (QED) is 0.747. The molecule has 2 N–H and O–H groups in total. The largest absolute Gasteiger partial charge is 0.350 e. The zero-order valence-corrected chi connectivity index (χ0v) is 13.2. The van der Waals surface area contributed by atoms with Crippen LogP contribution in [0.15, 0.2) is 47.8 Å². The van der Waals surface area contributed by atoms with E-state index in [4.69, 9.17) is 11.6 Å². The summed E-state index contributed by atoms with van der Waals surface area (Å²) in [6.45, 7) is 0.606. The summed E-state index contributed by atoms with van der Waals surface area (Å²) in [5.41, 5.74) is 2.09. The normalized spacial score (nSPS) is 10.6. The van der Waals surface area contributed by atoms with Gasteiger partial charge < -0.3 is 5.32 Å². The number of amides is 1. The number of aromatic nitrogens is 2. The highest BCUT2D eigenvalue weighted by Gasteiger charge is 2.10. The van der Waals surface area contributed by atoms with Gasteiger partial charge in [-0.15, -0.1) is 11.3 Å². The lowest BCUT2D eigenvalue weighted by molar-refractivity contribution is 0.0949. The highest BCUT2D eigenvalue weighted by molar-refractivity contribution is 7.09. The van der Waals surface area contributed by atoms with Crippen LogP contribution >= 0.6 is 22.9 Å². The second-order valence-corrected chi connectivity index (χ2v) is 6.23. The van der Waals surface area contributed by atoms with Gasteiger partial charge in [-0.05, 0) is 36.1 Å². The fourth-order valence-corrected chi connectivity index (χ4v) is 2.89. The monoisotopic (exact) mass is 331 g/mol. The molecule has 0 fully saturated rings. The zero-order chi connectivity index (χ0) is 15.4. The van der Waals surface area contributed by atoms with Crippen molar-refractivity contribution in [2.75, 3.05) is 6.54 Å². The summed E-state index contributed by atoms with van der Waals surface area (Å²) in [6.07, 6.45) is 0.835. The van der Waals surface area contributed by atoms with Crippen molar-refractivity contribution in [1.29, 1.82) is 0 Å². The van der Waals surface area contributed by atoms with Gasteiger partial charge in [-0.3, -0.25) is 9.89 Å². The van der Waals surface area contributed by atoms with Crippen LogP contribution in [0.5, 0.6) is 0 Å². The molecule has 0 saturated heterocycles. The van der Waals surface area contributed by atoms with E-state index in [9.17, 15) is 4.79 Å². The van der Waals surface area contributed by atoms with Crippen molar-refractivity contribution in [3.8, 4) is 11.3 Å². The third-order valence-electron chi connectivity index (χ3n) is 3.20. The summed E-state index contributed by atoms with van der Waals surface area (Å²) >= 11 is 7.55. The third kappa shape index (κ3) is 3.55. The van der Waals surface area contributed by atoms with Gasteiger partial charge in [-0.25, -0.2) is 0 Å². The maximum Gasteiger partial charge on any atom is 0.269 e. The SMILES string of the molecule is O=C(NCCc1cccs1)c1cc(-c2ccc(Cl)cc2)n[nH]1. The Hall–Kier alpha value is -2.11. The van der Waals surface area contributed by atoms with Crippen LogP contribution in [0.4, 0.5) is 0 Å². The van der Waals surface area contributed by atoms with E-state index < -0.39 is 0 Å². The molecule has 22 heavy (non-hydrogen) atoms. The van der Waals surface area contributed by atoms with Crippen LogP contribution in [0, 0.1) is 0 Å². The number of H-pyrrole nitrogens is 1. The molecular weight excluding hydrogens is 318 g/mol. The van der Waals surface area contributed by atoms with Crippen LogP contribution in [0.2, 0.25) is 5.02 Å². The van der Waals surface area contributed by atoms with Crippen molar-refractivity contribution in [3.63, 3.8) is 0 Å². The number of hydrogen-bond acceptors (Lipinski definition) is 3. The number of hydrogen-bond donors (Lipinski definition) is 2. The average molecular weight is 332 g/mol. The smallest absolute Gasteiger partial charge is 0.269 e. The van der Waals surface area contributed by atoms with Crippen LogP contribution < -0.4 is 5.32 Å². The molecule has 1 amide bonds. The van der Waals surface area contributed by atoms with Gasteiger partial charge in [-0.2, -0.15) is 5.10 Å². The van der Waals surface area contributed by atoms with E-state index in [-0.39, 0.29) is 5.91 Å². The van der Waals surface area contributed by atoms with Crippen molar-refractivity contribution in [2.45, 2.75) is 6.42 Å². The summed E-state index contributed by atoms with van der Waals surface area (Å²) in [5.74, 6) is -0.149. The van der Waals surface area contributed by atoms with Crippen molar-refractivity contribution in [2.24, 2.45) is 0 Å². The van der Waals surface area contributed by atoms with E-state index in [1.54, 1.807) is 29.5 Å². The zero-order valence-electron chi connectivity index (χ0n) is 11.7. The molecule has 0 spiro atoms. The molecule has 1 aromatic carbocycles. The van der Waals surface area contributed by atoms with Crippen LogP contribution in [-0.4, -0.2) is 22.6 Å². The van der Waals surface area contributed by atoms with Crippen LogP contribution in [0.3, 0.4) is 0 Å². The number of nitrogens with one attached hydrogen (secondary N) is 2. The molecular formula is C16H14ClN3OS. The van der Waals surface area contributed by atoms with Gasteiger partial charge in [0.1, 0.15) is 5.69 Å². The predicted molar refractivity (Wildman–Crippen MR) is 89.4 cm³/mol. The molecule has 4 nitrogen and oxygen atoms in total. The molecule has 6 heteroatoms. The highest BCUT2D eigenvalue weighted by Crippen LogP contribution is 2.20. The van der Waals surface area contributed by atoms with E-state index in [1.165, 1.54) is 4.88 Å². The maximum absolute atomic E-state index is 12.1. The van der Waals surface area contributed by atoms with E-state index >= 15 is 0 Å². The van der Waals surface area contributed by atoms with Gasteiger partial charge in [0.15, 0.2) is 0 Å². The molecule has 0 saturated carbocycles. The Morgan fingerprint density at radius 2 is 2.09 bits per heavy atom. The summed E-state index contributed by atoms with van der Waals surface area (Å²) in [4.78, 5) is 13.3. The fraction of sp³-hybridized carbons (Fsp3) is 0.125. The van der Waals surface area contributed by atoms with Crippen LogP contribution in [-0.2, 0) is 6.42 Å². The summed E-state index contributed by atoms with van der Waals surface area (Å²) in [6, 6.07) is 13.1. The first-order valence-electron chi connectivity index (χ1n) is 6.84. The number of halogens is 1. The minimum atomic E-state index is -0.149. The van der Waals surface area contributed by atoms with Gasteiger partial charge in [-0.1, -0.05) is 29.8 Å². The number of thiophene rings is 1. The lowest BCUT2D eigenvalue weighted by Gasteiger charge is -2.01. The minimum Gasteiger partial charge on any atom is -0.350 e. The number of benzene rings is 1. The number of nitrogens with zero attached hydrogens (tertiary/aromatic N) is 1. The van der Waals surface area contributed by atoms with E-state index in [1.807, 2.05) is 23.6 Å². The Labute approximate surface area is 137 Å². The second-order valence-electron chi connectivity index (χ2n) is 4.76. The van der Waals surface area contributed by atoms with Crippen molar-refractivity contribution < 1.29 is 4.79 Å². The summed E-state index contributed by atoms with van der Waals surface area (Å²) in [7, 11) is 0. The first-order chi connectivity index (χ1) is 10.7. The number of carbonyl (C=O) groups excluding carboxylic acids is 1. The molecule has 3 rings (SSSR count). The van der Waals surface area contributed by atoms with E-state index in [0.29, 0.717) is 17.3 Å². The van der Waals surface area contributed by atoms with Crippen molar-refractivity contribution in [1.82, 2.24) is 15.5 Å². The first kappa shape index (κ1) is 14.8. The summed E-state index contributed by atoms with van der Waals surface area (Å²) in [5, 5.41) is 12.5. The molecule has 0 radical (unpaired) electrons. The molecule has 2 aromatic heterocycles. The maximum atomic E-state index is 12.1. The molecule has 0 unspecified atom stereocenters. The van der Waals surface area contributed by atoms with Gasteiger partial charge >= 0.3 is 0 Å². The Balaban J connectivity index is 1.60. The molecule has 0 bridgehead atoms. The van der Waals surface area contributed by atoms with Crippen LogP contribution in [0.1, 0.15) is 15.4 Å². The molecule has 0 aliphatic rings. The van der Waals surface area contributed by atoms with Crippen LogP contribution in [0.25, 0.3) is 11.3 Å². The number of rotatable bonds is 5. The van der Waals surface area contributed by atoms with Crippen molar-refractivity contribution >= 4 is 28.8 Å². The Morgan fingerprint density at radius 1 is 1.27 bits per heavy atom. The number of carbonyl (C=O) groups is 1. The molecule has 3 aromatic rings. The van der Waals surface area contributed by atoms with Gasteiger partial charge in [0.2, 0.25) is 0 Å². The Morgan fingerprint density at radius 3 is 2.82 bits per heavy atom. The molecule has 0 aliphatic carbocycles. The topological polar surface area (TPSA) is 57.8 Å². The number of aromatic amines is 1. The fourth-order valence-electron chi connectivity index (χ4n) is 2.06. The van der Waals surface area contributed by atoms with Crippen molar-refractivity contribution in [3.05, 3.63) is 63.4 Å². The second kappa shape index (κ2) is 6.77. The summed E-state index contributed by atoms with van der Waals surface area (Å²) < 4.78 is 0. The molecule has 112 valence electrons. The molecule has 2 heterocycles. The van der Waals surface area contributed by atoms with Gasteiger partial charge in [0.25, 0.3) is 5.91 Å².